The normalized spacial score (nSPS) is 10.5. The summed E-state index contributed by atoms with van der Waals surface area (Å²) in [5.74, 6) is -1.07. The third-order valence-corrected chi connectivity index (χ3v) is 5.11. The highest BCUT2D eigenvalue weighted by molar-refractivity contribution is 6.10. The largest absolute Gasteiger partial charge is 0.494 e. The number of carboxylic acid groups (broad SMARTS) is 2. The van der Waals surface area contributed by atoms with Crippen LogP contribution in [-0.2, 0) is 11.2 Å². The lowest BCUT2D eigenvalue weighted by molar-refractivity contribution is -0.136. The first-order chi connectivity index (χ1) is 16.4. The van der Waals surface area contributed by atoms with Gasteiger partial charge in [0.1, 0.15) is 11.5 Å². The lowest BCUT2D eigenvalue weighted by atomic mass is 9.98. The minimum Gasteiger partial charge on any atom is -0.494 e. The molecule has 3 rings (SSSR count). The van der Waals surface area contributed by atoms with Crippen molar-refractivity contribution < 1.29 is 34.1 Å². The number of ketones is 1. The van der Waals surface area contributed by atoms with Crippen molar-refractivity contribution >= 4 is 17.7 Å². The van der Waals surface area contributed by atoms with Crippen LogP contribution < -0.4 is 9.47 Å². The molecule has 0 aliphatic carbocycles. The van der Waals surface area contributed by atoms with Crippen LogP contribution in [0.4, 0.5) is 0 Å². The molecule has 0 saturated carbocycles. The van der Waals surface area contributed by atoms with E-state index in [4.69, 9.17) is 19.7 Å². The van der Waals surface area contributed by atoms with E-state index in [-0.39, 0.29) is 29.8 Å². The van der Waals surface area contributed by atoms with E-state index >= 15 is 0 Å². The lowest BCUT2D eigenvalue weighted by Gasteiger charge is -2.13. The number of hydrogen-bond acceptors (Lipinski definition) is 5. The fraction of sp³-hybridized carbons (Fsp3) is 0.222. The highest BCUT2D eigenvalue weighted by Gasteiger charge is 2.15. The smallest absolute Gasteiger partial charge is 0.335 e. The molecule has 7 heteroatoms. The van der Waals surface area contributed by atoms with Crippen molar-refractivity contribution in [3.8, 4) is 11.5 Å². The molecule has 0 aliphatic rings. The zero-order valence-electron chi connectivity index (χ0n) is 18.6. The summed E-state index contributed by atoms with van der Waals surface area (Å²) in [5.41, 5.74) is 1.22. The van der Waals surface area contributed by atoms with Gasteiger partial charge >= 0.3 is 11.9 Å². The van der Waals surface area contributed by atoms with E-state index in [1.54, 1.807) is 24.3 Å². The maximum absolute atomic E-state index is 12.9. The maximum atomic E-state index is 12.9. The van der Waals surface area contributed by atoms with Crippen molar-refractivity contribution in [2.24, 2.45) is 0 Å². The number of carbonyl (C=O) groups excluding carboxylic acids is 1. The summed E-state index contributed by atoms with van der Waals surface area (Å²) in [5, 5.41) is 18.3. The molecule has 7 nitrogen and oxygen atoms in total. The van der Waals surface area contributed by atoms with Crippen LogP contribution in [0.3, 0.4) is 0 Å². The average Bonchev–Trinajstić information content (AvgIpc) is 2.85. The molecule has 0 saturated heterocycles. The molecule has 3 aromatic carbocycles. The van der Waals surface area contributed by atoms with Crippen molar-refractivity contribution in [2.75, 3.05) is 13.2 Å². The second-order valence-electron chi connectivity index (χ2n) is 7.65. The number of aliphatic carboxylic acids is 1. The van der Waals surface area contributed by atoms with Crippen molar-refractivity contribution in [3.05, 3.63) is 95.1 Å². The Balaban J connectivity index is 1.63. The van der Waals surface area contributed by atoms with Gasteiger partial charge in [-0.1, -0.05) is 30.3 Å². The first-order valence-electron chi connectivity index (χ1n) is 11.0. The van der Waals surface area contributed by atoms with E-state index in [0.717, 1.165) is 18.6 Å². The van der Waals surface area contributed by atoms with Crippen molar-refractivity contribution in [1.82, 2.24) is 0 Å². The van der Waals surface area contributed by atoms with Crippen molar-refractivity contribution in [3.63, 3.8) is 0 Å². The van der Waals surface area contributed by atoms with E-state index in [9.17, 15) is 14.4 Å². The van der Waals surface area contributed by atoms with Crippen LogP contribution in [0.25, 0.3) is 0 Å². The average molecular weight is 462 g/mol. The summed E-state index contributed by atoms with van der Waals surface area (Å²) in [4.78, 5) is 35.2. The molecule has 0 heterocycles. The number of carboxylic acids is 2. The Labute approximate surface area is 197 Å². The summed E-state index contributed by atoms with van der Waals surface area (Å²) in [6.07, 6.45) is 1.63. The topological polar surface area (TPSA) is 110 Å². The van der Waals surface area contributed by atoms with Gasteiger partial charge in [-0.3, -0.25) is 9.59 Å². The number of benzene rings is 3. The van der Waals surface area contributed by atoms with Gasteiger partial charge in [0.2, 0.25) is 0 Å². The van der Waals surface area contributed by atoms with E-state index < -0.39 is 11.9 Å². The molecule has 0 amide bonds. The zero-order chi connectivity index (χ0) is 24.3. The van der Waals surface area contributed by atoms with Crippen molar-refractivity contribution in [2.45, 2.75) is 25.7 Å². The maximum Gasteiger partial charge on any atom is 0.335 e. The van der Waals surface area contributed by atoms with E-state index in [1.807, 2.05) is 30.3 Å². The van der Waals surface area contributed by atoms with Gasteiger partial charge < -0.3 is 19.7 Å². The Morgan fingerprint density at radius 3 is 2.09 bits per heavy atom. The molecule has 0 fully saturated rings. The van der Waals surface area contributed by atoms with Gasteiger partial charge in [-0.15, -0.1) is 0 Å². The molecule has 34 heavy (non-hydrogen) atoms. The van der Waals surface area contributed by atoms with E-state index in [0.29, 0.717) is 30.1 Å². The predicted molar refractivity (Wildman–Crippen MR) is 126 cm³/mol. The third kappa shape index (κ3) is 7.20. The molecular weight excluding hydrogens is 436 g/mol. The van der Waals surface area contributed by atoms with Crippen LogP contribution in [0.1, 0.15) is 51.1 Å². The van der Waals surface area contributed by atoms with Gasteiger partial charge in [0, 0.05) is 17.5 Å². The number of ether oxygens (including phenoxy) is 2. The molecule has 176 valence electrons. The SMILES string of the molecule is O=C(O)CCc1cc(C(=O)c2cccc(C(=O)O)c2)ccc1OCCCCOc1ccccc1. The fourth-order valence-corrected chi connectivity index (χ4v) is 3.35. The van der Waals surface area contributed by atoms with Gasteiger partial charge in [0.15, 0.2) is 5.78 Å². The number of aryl methyl sites for hydroxylation is 1. The van der Waals surface area contributed by atoms with Gasteiger partial charge in [-0.05, 0) is 67.3 Å². The first kappa shape index (κ1) is 24.5. The Hall–Kier alpha value is -4.13. The lowest BCUT2D eigenvalue weighted by Crippen LogP contribution is -2.08. The molecule has 0 aliphatic heterocycles. The number of carbonyl (C=O) groups is 3. The minimum atomic E-state index is -1.12. The second kappa shape index (κ2) is 12.2. The molecule has 3 aromatic rings. The standard InChI is InChI=1S/C27H26O7/c28-25(29)14-12-19-17-21(26(30)20-7-6-8-22(18-20)27(31)32)11-13-24(19)34-16-5-4-15-33-23-9-2-1-3-10-23/h1-3,6-11,13,17-18H,4-5,12,14-16H2,(H,28,29)(H,31,32). The highest BCUT2D eigenvalue weighted by atomic mass is 16.5. The third-order valence-electron chi connectivity index (χ3n) is 5.11. The summed E-state index contributed by atoms with van der Waals surface area (Å²) in [7, 11) is 0. The van der Waals surface area contributed by atoms with Gasteiger partial charge in [0.05, 0.1) is 18.8 Å². The van der Waals surface area contributed by atoms with Crippen LogP contribution in [0.15, 0.2) is 72.8 Å². The van der Waals surface area contributed by atoms with Gasteiger partial charge in [-0.2, -0.15) is 0 Å². The molecule has 0 spiro atoms. The van der Waals surface area contributed by atoms with E-state index in [1.165, 1.54) is 18.2 Å². The summed E-state index contributed by atoms with van der Waals surface area (Å²) >= 11 is 0. The van der Waals surface area contributed by atoms with Gasteiger partial charge in [-0.25, -0.2) is 4.79 Å². The monoisotopic (exact) mass is 462 g/mol. The van der Waals surface area contributed by atoms with E-state index in [2.05, 4.69) is 0 Å². The number of aromatic carboxylic acids is 1. The second-order valence-corrected chi connectivity index (χ2v) is 7.65. The van der Waals surface area contributed by atoms with Crippen LogP contribution in [0.2, 0.25) is 0 Å². The first-order valence-corrected chi connectivity index (χ1v) is 11.0. The van der Waals surface area contributed by atoms with Crippen LogP contribution in [0, 0.1) is 0 Å². The minimum absolute atomic E-state index is 0.0214. The molecule has 2 N–H and O–H groups in total. The Morgan fingerprint density at radius 2 is 1.38 bits per heavy atom. The molecule has 0 aromatic heterocycles. The predicted octanol–water partition coefficient (Wildman–Crippen LogP) is 4.87. The summed E-state index contributed by atoms with van der Waals surface area (Å²) in [6, 6.07) is 20.2. The summed E-state index contributed by atoms with van der Waals surface area (Å²) in [6.45, 7) is 0.980. The molecule has 0 radical (unpaired) electrons. The quantitative estimate of drug-likeness (QED) is 0.275. The van der Waals surface area contributed by atoms with Crippen LogP contribution in [-0.4, -0.2) is 41.1 Å². The molecular formula is C27H26O7. The molecule has 0 atom stereocenters. The summed E-state index contributed by atoms with van der Waals surface area (Å²) < 4.78 is 11.5. The Bertz CT molecular complexity index is 1140. The van der Waals surface area contributed by atoms with Crippen LogP contribution in [0.5, 0.6) is 11.5 Å². The number of unbranched alkanes of at least 4 members (excludes halogenated alkanes) is 1. The molecule has 0 bridgehead atoms. The highest BCUT2D eigenvalue weighted by Crippen LogP contribution is 2.24. The van der Waals surface area contributed by atoms with Crippen molar-refractivity contribution in [1.29, 1.82) is 0 Å². The number of para-hydroxylation sites is 1. The molecule has 0 unspecified atom stereocenters. The number of rotatable bonds is 13. The van der Waals surface area contributed by atoms with Gasteiger partial charge in [0.25, 0.3) is 0 Å². The number of hydrogen-bond donors (Lipinski definition) is 2. The Morgan fingerprint density at radius 1 is 0.706 bits per heavy atom. The Kier molecular flexibility index (Phi) is 8.80. The zero-order valence-corrected chi connectivity index (χ0v) is 18.6. The fourth-order valence-electron chi connectivity index (χ4n) is 3.35. The van der Waals surface area contributed by atoms with Crippen LogP contribution >= 0.6 is 0 Å².